The summed E-state index contributed by atoms with van der Waals surface area (Å²) in [6.45, 7) is 12.1. The number of nitrogens with one attached hydrogen (secondary N) is 1. The molecule has 1 aromatic heterocycles. The molecule has 0 aliphatic carbocycles. The Morgan fingerprint density at radius 3 is 2.50 bits per heavy atom. The lowest BCUT2D eigenvalue weighted by Crippen LogP contribution is -2.42. The predicted molar refractivity (Wildman–Crippen MR) is 74.3 cm³/mol. The van der Waals surface area contributed by atoms with Crippen molar-refractivity contribution in [3.05, 3.63) is 23.0 Å². The van der Waals surface area contributed by atoms with E-state index in [4.69, 9.17) is 5.73 Å². The lowest BCUT2D eigenvalue weighted by Gasteiger charge is -2.24. The monoisotopic (exact) mass is 251 g/mol. The number of aryl methyl sites for hydroxylation is 1. The maximum atomic E-state index is 11.0. The molecule has 0 radical (unpaired) electrons. The number of nitrogens with two attached hydrogens (primary N) is 1. The molecule has 1 heterocycles. The Kier molecular flexibility index (Phi) is 4.57. The van der Waals surface area contributed by atoms with E-state index in [1.807, 2.05) is 13.8 Å². The molecule has 0 fully saturated rings. The highest BCUT2D eigenvalue weighted by atomic mass is 16.1. The SMILES string of the molecule is CCn1c(C)cc(CNC(C)(C)CC(N)=O)c1C. The number of carbonyl (C=O) groups excluding carboxylic acids is 1. The second-order valence-electron chi connectivity index (χ2n) is 5.52. The molecule has 102 valence electrons. The molecular formula is C14H25N3O. The summed E-state index contributed by atoms with van der Waals surface area (Å²) in [4.78, 5) is 11.0. The van der Waals surface area contributed by atoms with Crippen molar-refractivity contribution < 1.29 is 4.79 Å². The lowest BCUT2D eigenvalue weighted by atomic mass is 10.00. The van der Waals surface area contributed by atoms with Crippen LogP contribution in [0.3, 0.4) is 0 Å². The van der Waals surface area contributed by atoms with Crippen LogP contribution in [0.1, 0.15) is 44.1 Å². The van der Waals surface area contributed by atoms with Crippen molar-refractivity contribution in [2.24, 2.45) is 5.73 Å². The van der Waals surface area contributed by atoms with Gasteiger partial charge in [0.15, 0.2) is 0 Å². The van der Waals surface area contributed by atoms with Gasteiger partial charge in [0.1, 0.15) is 0 Å². The van der Waals surface area contributed by atoms with E-state index in [1.54, 1.807) is 0 Å². The smallest absolute Gasteiger partial charge is 0.219 e. The summed E-state index contributed by atoms with van der Waals surface area (Å²) in [7, 11) is 0. The van der Waals surface area contributed by atoms with Crippen LogP contribution in [0, 0.1) is 13.8 Å². The number of nitrogens with zero attached hydrogens (tertiary/aromatic N) is 1. The third-order valence-electron chi connectivity index (χ3n) is 3.37. The molecule has 0 aliphatic rings. The number of amides is 1. The molecule has 4 heteroatoms. The van der Waals surface area contributed by atoms with E-state index < -0.39 is 0 Å². The van der Waals surface area contributed by atoms with Gasteiger partial charge in [0, 0.05) is 36.4 Å². The predicted octanol–water partition coefficient (Wildman–Crippen LogP) is 1.87. The van der Waals surface area contributed by atoms with Crippen molar-refractivity contribution in [3.63, 3.8) is 0 Å². The molecule has 4 nitrogen and oxygen atoms in total. The zero-order chi connectivity index (χ0) is 13.9. The topological polar surface area (TPSA) is 60.1 Å². The Labute approximate surface area is 110 Å². The maximum Gasteiger partial charge on any atom is 0.219 e. The molecule has 1 amide bonds. The zero-order valence-corrected chi connectivity index (χ0v) is 12.1. The van der Waals surface area contributed by atoms with Crippen LogP contribution in [-0.4, -0.2) is 16.0 Å². The first-order valence-corrected chi connectivity index (χ1v) is 6.45. The van der Waals surface area contributed by atoms with Crippen molar-refractivity contribution >= 4 is 5.91 Å². The van der Waals surface area contributed by atoms with Crippen LogP contribution in [0.15, 0.2) is 6.07 Å². The second-order valence-corrected chi connectivity index (χ2v) is 5.52. The molecule has 3 N–H and O–H groups in total. The highest BCUT2D eigenvalue weighted by Gasteiger charge is 2.20. The van der Waals surface area contributed by atoms with E-state index in [-0.39, 0.29) is 11.4 Å². The molecular weight excluding hydrogens is 226 g/mol. The van der Waals surface area contributed by atoms with Gasteiger partial charge >= 0.3 is 0 Å². The third kappa shape index (κ3) is 3.60. The van der Waals surface area contributed by atoms with Crippen LogP contribution < -0.4 is 11.1 Å². The summed E-state index contributed by atoms with van der Waals surface area (Å²) in [5.74, 6) is -0.272. The molecule has 0 aliphatic heterocycles. The molecule has 0 aromatic carbocycles. The quantitative estimate of drug-likeness (QED) is 0.811. The first kappa shape index (κ1) is 14.8. The highest BCUT2D eigenvalue weighted by molar-refractivity contribution is 5.75. The van der Waals surface area contributed by atoms with Crippen LogP contribution in [-0.2, 0) is 17.9 Å². The zero-order valence-electron chi connectivity index (χ0n) is 12.1. The van der Waals surface area contributed by atoms with E-state index in [0.717, 1.165) is 13.1 Å². The summed E-state index contributed by atoms with van der Waals surface area (Å²) in [5.41, 5.74) is 8.83. The van der Waals surface area contributed by atoms with Crippen molar-refractivity contribution in [2.75, 3.05) is 0 Å². The number of hydrogen-bond donors (Lipinski definition) is 2. The van der Waals surface area contributed by atoms with Gasteiger partial charge in [-0.25, -0.2) is 0 Å². The van der Waals surface area contributed by atoms with E-state index in [1.165, 1.54) is 17.0 Å². The van der Waals surface area contributed by atoms with Crippen LogP contribution in [0.5, 0.6) is 0 Å². The first-order chi connectivity index (χ1) is 8.26. The normalized spacial score (nSPS) is 11.8. The third-order valence-corrected chi connectivity index (χ3v) is 3.37. The fourth-order valence-electron chi connectivity index (χ4n) is 2.37. The summed E-state index contributed by atoms with van der Waals surface area (Å²) >= 11 is 0. The van der Waals surface area contributed by atoms with Crippen LogP contribution in [0.4, 0.5) is 0 Å². The van der Waals surface area contributed by atoms with Gasteiger partial charge in [-0.3, -0.25) is 4.79 Å². The second kappa shape index (κ2) is 5.57. The largest absolute Gasteiger partial charge is 0.370 e. The van der Waals surface area contributed by atoms with Crippen LogP contribution >= 0.6 is 0 Å². The van der Waals surface area contributed by atoms with Crippen molar-refractivity contribution in [1.82, 2.24) is 9.88 Å². The molecule has 18 heavy (non-hydrogen) atoms. The summed E-state index contributed by atoms with van der Waals surface area (Å²) in [5, 5.41) is 3.40. The Morgan fingerprint density at radius 2 is 2.06 bits per heavy atom. The average molecular weight is 251 g/mol. The standard InChI is InChI=1S/C14H25N3O/c1-6-17-10(2)7-12(11(17)3)9-16-14(4,5)8-13(15)18/h7,16H,6,8-9H2,1-5H3,(H2,15,18). The molecule has 0 saturated carbocycles. The minimum Gasteiger partial charge on any atom is -0.370 e. The molecule has 0 bridgehead atoms. The van der Waals surface area contributed by atoms with Crippen LogP contribution in [0.25, 0.3) is 0 Å². The minimum absolute atomic E-state index is 0.263. The van der Waals surface area contributed by atoms with Crippen molar-refractivity contribution in [2.45, 2.75) is 59.7 Å². The number of aromatic nitrogens is 1. The minimum atomic E-state index is -0.272. The van der Waals surface area contributed by atoms with Crippen molar-refractivity contribution in [1.29, 1.82) is 0 Å². The van der Waals surface area contributed by atoms with Crippen molar-refractivity contribution in [3.8, 4) is 0 Å². The molecule has 1 rings (SSSR count). The number of primary amides is 1. The average Bonchev–Trinajstić information content (AvgIpc) is 2.49. The molecule has 1 aromatic rings. The Morgan fingerprint density at radius 1 is 1.44 bits per heavy atom. The molecule has 0 atom stereocenters. The fraction of sp³-hybridized carbons (Fsp3) is 0.643. The van der Waals surface area contributed by atoms with E-state index in [9.17, 15) is 4.79 Å². The summed E-state index contributed by atoms with van der Waals surface area (Å²) in [6, 6.07) is 2.20. The summed E-state index contributed by atoms with van der Waals surface area (Å²) in [6.07, 6.45) is 0.347. The van der Waals surface area contributed by atoms with Gasteiger partial charge in [0.05, 0.1) is 0 Å². The Bertz CT molecular complexity index is 432. The van der Waals surface area contributed by atoms with Gasteiger partial charge in [0.25, 0.3) is 0 Å². The van der Waals surface area contributed by atoms with Gasteiger partial charge in [-0.2, -0.15) is 0 Å². The van der Waals surface area contributed by atoms with E-state index in [0.29, 0.717) is 6.42 Å². The van der Waals surface area contributed by atoms with E-state index >= 15 is 0 Å². The number of hydrogen-bond acceptors (Lipinski definition) is 2. The molecule has 0 saturated heterocycles. The van der Waals surface area contributed by atoms with Gasteiger partial charge in [-0.15, -0.1) is 0 Å². The fourth-order valence-corrected chi connectivity index (χ4v) is 2.37. The Hall–Kier alpha value is -1.29. The molecule has 0 unspecified atom stereocenters. The van der Waals surface area contributed by atoms with Gasteiger partial charge in [-0.1, -0.05) is 0 Å². The van der Waals surface area contributed by atoms with Gasteiger partial charge in [-0.05, 0) is 46.2 Å². The van der Waals surface area contributed by atoms with E-state index in [2.05, 4.69) is 36.7 Å². The summed E-state index contributed by atoms with van der Waals surface area (Å²) < 4.78 is 2.29. The maximum absolute atomic E-state index is 11.0. The number of carbonyl (C=O) groups is 1. The molecule has 0 spiro atoms. The van der Waals surface area contributed by atoms with Gasteiger partial charge < -0.3 is 15.6 Å². The highest BCUT2D eigenvalue weighted by Crippen LogP contribution is 2.16. The Balaban J connectivity index is 2.72. The van der Waals surface area contributed by atoms with Gasteiger partial charge in [0.2, 0.25) is 5.91 Å². The first-order valence-electron chi connectivity index (χ1n) is 6.45. The number of rotatable bonds is 6. The van der Waals surface area contributed by atoms with Crippen LogP contribution in [0.2, 0.25) is 0 Å². The lowest BCUT2D eigenvalue weighted by molar-refractivity contribution is -0.119.